The molecule has 2 unspecified atom stereocenters. The van der Waals surface area contributed by atoms with Gasteiger partial charge in [-0.2, -0.15) is 0 Å². The monoisotopic (exact) mass is 279 g/mol. The molecule has 2 aliphatic rings. The van der Waals surface area contributed by atoms with Crippen molar-refractivity contribution in [2.45, 2.75) is 30.9 Å². The molecule has 2 aromatic carbocycles. The van der Waals surface area contributed by atoms with Crippen LogP contribution in [-0.2, 0) is 5.60 Å². The Morgan fingerprint density at radius 3 is 2.38 bits per heavy atom. The molecule has 0 amide bonds. The molecule has 0 spiro atoms. The van der Waals surface area contributed by atoms with E-state index in [2.05, 4.69) is 53.4 Å². The maximum atomic E-state index is 11.2. The molecule has 2 atom stereocenters. The van der Waals surface area contributed by atoms with Crippen LogP contribution in [0.25, 0.3) is 11.1 Å². The predicted octanol–water partition coefficient (Wildman–Crippen LogP) is 3.41. The fraction of sp³-hybridized carbons (Fsp3) is 0.368. The minimum Gasteiger partial charge on any atom is -0.383 e. The second-order valence-electron chi connectivity index (χ2n) is 6.31. The molecular formula is C19H21NO. The van der Waals surface area contributed by atoms with Gasteiger partial charge in [0.25, 0.3) is 0 Å². The Morgan fingerprint density at radius 2 is 1.62 bits per heavy atom. The molecule has 0 aromatic heterocycles. The van der Waals surface area contributed by atoms with Gasteiger partial charge in [-0.3, -0.25) is 4.90 Å². The number of aliphatic hydroxyl groups is 1. The SMILES string of the molecule is OC1(c2ccc(-c3ccccc3)cc2)CCN2CCCC21. The minimum atomic E-state index is -0.647. The summed E-state index contributed by atoms with van der Waals surface area (Å²) in [5, 5.41) is 11.2. The van der Waals surface area contributed by atoms with Gasteiger partial charge in [0.05, 0.1) is 0 Å². The molecular weight excluding hydrogens is 258 g/mol. The molecule has 21 heavy (non-hydrogen) atoms. The van der Waals surface area contributed by atoms with E-state index in [9.17, 15) is 5.11 Å². The van der Waals surface area contributed by atoms with E-state index >= 15 is 0 Å². The van der Waals surface area contributed by atoms with Crippen molar-refractivity contribution in [3.63, 3.8) is 0 Å². The Bertz CT molecular complexity index is 622. The van der Waals surface area contributed by atoms with Crippen LogP contribution in [0.15, 0.2) is 54.6 Å². The van der Waals surface area contributed by atoms with E-state index in [1.54, 1.807) is 0 Å². The van der Waals surface area contributed by atoms with Gasteiger partial charge in [-0.15, -0.1) is 0 Å². The highest BCUT2D eigenvalue weighted by molar-refractivity contribution is 5.63. The maximum absolute atomic E-state index is 11.2. The zero-order chi connectivity index (χ0) is 14.3. The van der Waals surface area contributed by atoms with Crippen LogP contribution in [0.4, 0.5) is 0 Å². The number of hydrogen-bond acceptors (Lipinski definition) is 2. The van der Waals surface area contributed by atoms with Crippen molar-refractivity contribution in [2.24, 2.45) is 0 Å². The number of rotatable bonds is 2. The average molecular weight is 279 g/mol. The van der Waals surface area contributed by atoms with Gasteiger partial charge in [0.2, 0.25) is 0 Å². The highest BCUT2D eigenvalue weighted by Crippen LogP contribution is 2.43. The molecule has 0 aliphatic carbocycles. The first-order valence-electron chi connectivity index (χ1n) is 7.90. The van der Waals surface area contributed by atoms with Crippen LogP contribution in [0, 0.1) is 0 Å². The molecule has 0 bridgehead atoms. The Kier molecular flexibility index (Phi) is 3.09. The van der Waals surface area contributed by atoms with Crippen molar-refractivity contribution < 1.29 is 5.11 Å². The summed E-state index contributed by atoms with van der Waals surface area (Å²) in [4.78, 5) is 2.45. The van der Waals surface area contributed by atoms with Crippen molar-refractivity contribution in [2.75, 3.05) is 13.1 Å². The van der Waals surface area contributed by atoms with Crippen LogP contribution >= 0.6 is 0 Å². The largest absolute Gasteiger partial charge is 0.383 e. The summed E-state index contributed by atoms with van der Waals surface area (Å²) in [5.41, 5.74) is 2.87. The van der Waals surface area contributed by atoms with E-state index in [1.807, 2.05) is 6.07 Å². The lowest BCUT2D eigenvalue weighted by Gasteiger charge is -2.30. The second kappa shape index (κ2) is 4.97. The average Bonchev–Trinajstić information content (AvgIpc) is 3.13. The van der Waals surface area contributed by atoms with Gasteiger partial charge in [0.1, 0.15) is 5.60 Å². The molecule has 2 nitrogen and oxygen atoms in total. The first kappa shape index (κ1) is 13.1. The van der Waals surface area contributed by atoms with E-state index in [4.69, 9.17) is 0 Å². The summed E-state index contributed by atoms with van der Waals surface area (Å²) in [6, 6.07) is 19.2. The lowest BCUT2D eigenvalue weighted by Crippen LogP contribution is -2.38. The number of benzene rings is 2. The first-order chi connectivity index (χ1) is 10.3. The van der Waals surface area contributed by atoms with Crippen molar-refractivity contribution in [3.8, 4) is 11.1 Å². The molecule has 2 heteroatoms. The standard InChI is InChI=1S/C19H21NO/c21-19(12-14-20-13-4-7-18(19)20)17-10-8-16(9-11-17)15-5-2-1-3-6-15/h1-3,5-6,8-11,18,21H,4,7,12-14H2. The molecule has 4 rings (SSSR count). The van der Waals surface area contributed by atoms with Crippen molar-refractivity contribution in [1.29, 1.82) is 0 Å². The Labute approximate surface area is 126 Å². The third kappa shape index (κ3) is 2.10. The highest BCUT2D eigenvalue weighted by Gasteiger charge is 2.48. The molecule has 2 saturated heterocycles. The van der Waals surface area contributed by atoms with Crippen LogP contribution in [-0.4, -0.2) is 29.1 Å². The normalized spacial score (nSPS) is 28.7. The van der Waals surface area contributed by atoms with Crippen LogP contribution < -0.4 is 0 Å². The van der Waals surface area contributed by atoms with Gasteiger partial charge in [0.15, 0.2) is 0 Å². The summed E-state index contributed by atoms with van der Waals surface area (Å²) in [6.07, 6.45) is 3.20. The van der Waals surface area contributed by atoms with E-state index in [1.165, 1.54) is 17.5 Å². The van der Waals surface area contributed by atoms with Gasteiger partial charge in [-0.1, -0.05) is 54.6 Å². The summed E-state index contributed by atoms with van der Waals surface area (Å²) < 4.78 is 0. The Morgan fingerprint density at radius 1 is 0.905 bits per heavy atom. The van der Waals surface area contributed by atoms with Crippen molar-refractivity contribution >= 4 is 0 Å². The van der Waals surface area contributed by atoms with Gasteiger partial charge < -0.3 is 5.11 Å². The van der Waals surface area contributed by atoms with E-state index in [0.717, 1.165) is 31.5 Å². The molecule has 2 aliphatic heterocycles. The molecule has 2 heterocycles. The molecule has 1 N–H and O–H groups in total. The van der Waals surface area contributed by atoms with Crippen LogP contribution in [0.2, 0.25) is 0 Å². The molecule has 0 radical (unpaired) electrons. The Balaban J connectivity index is 1.65. The second-order valence-corrected chi connectivity index (χ2v) is 6.31. The summed E-state index contributed by atoms with van der Waals surface area (Å²) >= 11 is 0. The minimum absolute atomic E-state index is 0.320. The maximum Gasteiger partial charge on any atom is 0.106 e. The topological polar surface area (TPSA) is 23.5 Å². The number of hydrogen-bond donors (Lipinski definition) is 1. The van der Waals surface area contributed by atoms with Gasteiger partial charge >= 0.3 is 0 Å². The fourth-order valence-electron chi connectivity index (χ4n) is 4.03. The summed E-state index contributed by atoms with van der Waals surface area (Å²) in [7, 11) is 0. The third-order valence-corrected chi connectivity index (χ3v) is 5.19. The molecule has 2 fully saturated rings. The predicted molar refractivity (Wildman–Crippen MR) is 85.0 cm³/mol. The van der Waals surface area contributed by atoms with Crippen molar-refractivity contribution in [1.82, 2.24) is 4.90 Å². The Hall–Kier alpha value is -1.64. The van der Waals surface area contributed by atoms with Crippen LogP contribution in [0.3, 0.4) is 0 Å². The zero-order valence-electron chi connectivity index (χ0n) is 12.2. The van der Waals surface area contributed by atoms with E-state index < -0.39 is 5.60 Å². The molecule has 2 aromatic rings. The fourth-order valence-corrected chi connectivity index (χ4v) is 4.03. The smallest absolute Gasteiger partial charge is 0.106 e. The number of nitrogens with zero attached hydrogens (tertiary/aromatic N) is 1. The van der Waals surface area contributed by atoms with Gasteiger partial charge in [-0.05, 0) is 42.5 Å². The molecule has 0 saturated carbocycles. The third-order valence-electron chi connectivity index (χ3n) is 5.19. The summed E-state index contributed by atoms with van der Waals surface area (Å²) in [5.74, 6) is 0. The van der Waals surface area contributed by atoms with E-state index in [-0.39, 0.29) is 0 Å². The first-order valence-corrected chi connectivity index (χ1v) is 7.90. The lowest BCUT2D eigenvalue weighted by atomic mass is 9.84. The number of fused-ring (bicyclic) bond motifs is 1. The zero-order valence-corrected chi connectivity index (χ0v) is 12.2. The van der Waals surface area contributed by atoms with Crippen LogP contribution in [0.5, 0.6) is 0 Å². The van der Waals surface area contributed by atoms with Gasteiger partial charge in [0, 0.05) is 12.6 Å². The quantitative estimate of drug-likeness (QED) is 0.910. The lowest BCUT2D eigenvalue weighted by molar-refractivity contribution is 0.00939. The highest BCUT2D eigenvalue weighted by atomic mass is 16.3. The van der Waals surface area contributed by atoms with Gasteiger partial charge in [-0.25, -0.2) is 0 Å². The van der Waals surface area contributed by atoms with Crippen molar-refractivity contribution in [3.05, 3.63) is 60.2 Å². The molecule has 108 valence electrons. The van der Waals surface area contributed by atoms with Crippen LogP contribution in [0.1, 0.15) is 24.8 Å². The van der Waals surface area contributed by atoms with E-state index in [0.29, 0.717) is 6.04 Å². The summed E-state index contributed by atoms with van der Waals surface area (Å²) in [6.45, 7) is 2.18.